The van der Waals surface area contributed by atoms with Crippen LogP contribution in [0.25, 0.3) is 21.5 Å². The highest BCUT2D eigenvalue weighted by atomic mass is 16.2. The van der Waals surface area contributed by atoms with Crippen LogP contribution in [0.5, 0.6) is 0 Å². The highest BCUT2D eigenvalue weighted by Gasteiger charge is 2.21. The van der Waals surface area contributed by atoms with Crippen molar-refractivity contribution >= 4 is 33.3 Å². The quantitative estimate of drug-likeness (QED) is 0.364. The second-order valence-electron chi connectivity index (χ2n) is 9.32. The van der Waals surface area contributed by atoms with E-state index in [9.17, 15) is 4.79 Å². The summed E-state index contributed by atoms with van der Waals surface area (Å²) in [6.45, 7) is 10.3. The first kappa shape index (κ1) is 22.0. The number of carbonyl (C=O) groups excluding carboxylic acids is 1. The Morgan fingerprint density at radius 3 is 2.09 bits per heavy atom. The van der Waals surface area contributed by atoms with Crippen LogP contribution in [0.2, 0.25) is 0 Å². The molecule has 0 saturated heterocycles. The van der Waals surface area contributed by atoms with Crippen molar-refractivity contribution in [2.24, 2.45) is 5.41 Å². The summed E-state index contributed by atoms with van der Waals surface area (Å²) >= 11 is 0. The molecule has 0 saturated carbocycles. The SMILES string of the molecule is CCN(Cc1cccc(NC(=O)C(C)(C)C)n1)Cc1c2ccccc2cc2ccccc12. The minimum absolute atomic E-state index is 0.0308. The lowest BCUT2D eigenvalue weighted by Gasteiger charge is -2.23. The van der Waals surface area contributed by atoms with Crippen LogP contribution in [0.3, 0.4) is 0 Å². The number of pyridine rings is 1. The molecule has 0 radical (unpaired) electrons. The van der Waals surface area contributed by atoms with Gasteiger partial charge in [0.25, 0.3) is 0 Å². The maximum Gasteiger partial charge on any atom is 0.230 e. The van der Waals surface area contributed by atoms with E-state index in [4.69, 9.17) is 4.98 Å². The van der Waals surface area contributed by atoms with E-state index in [1.54, 1.807) is 0 Å². The number of aromatic nitrogens is 1. The van der Waals surface area contributed by atoms with Crippen molar-refractivity contribution in [1.82, 2.24) is 9.88 Å². The van der Waals surface area contributed by atoms with Crippen LogP contribution in [0, 0.1) is 5.41 Å². The van der Waals surface area contributed by atoms with E-state index in [0.29, 0.717) is 12.4 Å². The zero-order chi connectivity index (χ0) is 22.7. The van der Waals surface area contributed by atoms with Gasteiger partial charge >= 0.3 is 0 Å². The molecule has 0 aliphatic rings. The number of benzene rings is 3. The molecular formula is C28H31N3O. The van der Waals surface area contributed by atoms with E-state index in [1.165, 1.54) is 27.1 Å². The topological polar surface area (TPSA) is 45.2 Å². The Balaban J connectivity index is 1.62. The Kier molecular flexibility index (Phi) is 6.24. The minimum atomic E-state index is -0.456. The van der Waals surface area contributed by atoms with Crippen molar-refractivity contribution in [1.29, 1.82) is 0 Å². The molecule has 0 aliphatic heterocycles. The maximum absolute atomic E-state index is 12.4. The van der Waals surface area contributed by atoms with Gasteiger partial charge in [0.2, 0.25) is 5.91 Å². The van der Waals surface area contributed by atoms with Gasteiger partial charge in [-0.3, -0.25) is 9.69 Å². The second-order valence-corrected chi connectivity index (χ2v) is 9.32. The molecule has 4 aromatic rings. The molecule has 0 spiro atoms. The van der Waals surface area contributed by atoms with Gasteiger partial charge in [0, 0.05) is 18.5 Å². The molecule has 3 aromatic carbocycles. The molecule has 0 fully saturated rings. The van der Waals surface area contributed by atoms with Gasteiger partial charge in [-0.1, -0.05) is 82.3 Å². The predicted octanol–water partition coefficient (Wildman–Crippen LogP) is 6.39. The predicted molar refractivity (Wildman–Crippen MR) is 134 cm³/mol. The third-order valence-electron chi connectivity index (χ3n) is 5.83. The van der Waals surface area contributed by atoms with Crippen LogP contribution in [0.15, 0.2) is 72.8 Å². The van der Waals surface area contributed by atoms with Crippen molar-refractivity contribution < 1.29 is 4.79 Å². The number of hydrogen-bond donors (Lipinski definition) is 1. The van der Waals surface area contributed by atoms with Gasteiger partial charge in [-0.15, -0.1) is 0 Å². The van der Waals surface area contributed by atoms with Crippen molar-refractivity contribution in [3.8, 4) is 0 Å². The largest absolute Gasteiger partial charge is 0.310 e. The minimum Gasteiger partial charge on any atom is -0.310 e. The zero-order valence-corrected chi connectivity index (χ0v) is 19.4. The van der Waals surface area contributed by atoms with Gasteiger partial charge in [-0.2, -0.15) is 0 Å². The summed E-state index contributed by atoms with van der Waals surface area (Å²) < 4.78 is 0. The number of amides is 1. The summed E-state index contributed by atoms with van der Waals surface area (Å²) in [4.78, 5) is 19.5. The molecule has 1 aromatic heterocycles. The summed E-state index contributed by atoms with van der Waals surface area (Å²) in [5.41, 5.74) is 1.84. The van der Waals surface area contributed by atoms with Crippen molar-refractivity contribution in [3.05, 3.63) is 84.1 Å². The first-order valence-corrected chi connectivity index (χ1v) is 11.2. The number of carbonyl (C=O) groups is 1. The lowest BCUT2D eigenvalue weighted by molar-refractivity contribution is -0.123. The van der Waals surface area contributed by atoms with Gasteiger partial charge in [0.15, 0.2) is 0 Å². The van der Waals surface area contributed by atoms with Crippen molar-refractivity contribution in [2.45, 2.75) is 40.8 Å². The lowest BCUT2D eigenvalue weighted by atomic mass is 9.96. The average Bonchev–Trinajstić information content (AvgIpc) is 2.78. The molecule has 0 atom stereocenters. The first-order chi connectivity index (χ1) is 15.3. The van der Waals surface area contributed by atoms with Crippen LogP contribution in [0.4, 0.5) is 5.82 Å². The fourth-order valence-electron chi connectivity index (χ4n) is 3.95. The third-order valence-corrected chi connectivity index (χ3v) is 5.83. The van der Waals surface area contributed by atoms with Crippen LogP contribution in [0.1, 0.15) is 39.0 Å². The molecule has 4 heteroatoms. The zero-order valence-electron chi connectivity index (χ0n) is 19.4. The molecule has 1 heterocycles. The van der Waals surface area contributed by atoms with Gasteiger partial charge in [0.1, 0.15) is 5.82 Å². The number of nitrogens with one attached hydrogen (secondary N) is 1. The van der Waals surface area contributed by atoms with E-state index < -0.39 is 5.41 Å². The van der Waals surface area contributed by atoms with Gasteiger partial charge in [-0.05, 0) is 51.9 Å². The van der Waals surface area contributed by atoms with Gasteiger partial charge in [-0.25, -0.2) is 4.98 Å². The molecule has 1 N–H and O–H groups in total. The summed E-state index contributed by atoms with van der Waals surface area (Å²) in [6.07, 6.45) is 0. The number of anilines is 1. The Bertz CT molecular complexity index is 1200. The Morgan fingerprint density at radius 1 is 0.875 bits per heavy atom. The Morgan fingerprint density at radius 2 is 1.50 bits per heavy atom. The number of nitrogens with zero attached hydrogens (tertiary/aromatic N) is 2. The summed E-state index contributed by atoms with van der Waals surface area (Å²) in [5, 5.41) is 8.07. The van der Waals surface area contributed by atoms with Crippen molar-refractivity contribution in [2.75, 3.05) is 11.9 Å². The molecule has 4 nitrogen and oxygen atoms in total. The van der Waals surface area contributed by atoms with Crippen LogP contribution >= 0.6 is 0 Å². The lowest BCUT2D eigenvalue weighted by Crippen LogP contribution is -2.28. The molecule has 164 valence electrons. The van der Waals surface area contributed by atoms with E-state index in [-0.39, 0.29) is 5.91 Å². The summed E-state index contributed by atoms with van der Waals surface area (Å²) in [7, 11) is 0. The Labute approximate surface area is 190 Å². The number of rotatable bonds is 6. The standard InChI is InChI=1S/C28H31N3O/c1-5-31(18-22-13-10-16-26(29-22)30-27(32)28(2,3)4)19-25-23-14-8-6-11-20(23)17-21-12-7-9-15-24(21)25/h6-17H,5,18-19H2,1-4H3,(H,29,30,32). The van der Waals surface area contributed by atoms with E-state index in [1.807, 2.05) is 39.0 Å². The molecular weight excluding hydrogens is 394 g/mol. The molecule has 0 aliphatic carbocycles. The summed E-state index contributed by atoms with van der Waals surface area (Å²) in [5.74, 6) is 0.575. The molecule has 0 unspecified atom stereocenters. The summed E-state index contributed by atoms with van der Waals surface area (Å²) in [6, 6.07) is 25.3. The second kappa shape index (κ2) is 9.09. The van der Waals surface area contributed by atoms with E-state index >= 15 is 0 Å². The highest BCUT2D eigenvalue weighted by Crippen LogP contribution is 2.30. The molecule has 32 heavy (non-hydrogen) atoms. The van der Waals surface area contributed by atoms with Crippen LogP contribution < -0.4 is 5.32 Å². The third kappa shape index (κ3) is 4.81. The molecule has 1 amide bonds. The van der Waals surface area contributed by atoms with Gasteiger partial charge < -0.3 is 5.32 Å². The van der Waals surface area contributed by atoms with Gasteiger partial charge in [0.05, 0.1) is 5.69 Å². The number of fused-ring (bicyclic) bond motifs is 2. The first-order valence-electron chi connectivity index (χ1n) is 11.2. The van der Waals surface area contributed by atoms with E-state index in [0.717, 1.165) is 18.8 Å². The normalized spacial score (nSPS) is 11.9. The van der Waals surface area contributed by atoms with Crippen LogP contribution in [-0.2, 0) is 17.9 Å². The van der Waals surface area contributed by atoms with Crippen LogP contribution in [-0.4, -0.2) is 22.3 Å². The molecule has 0 bridgehead atoms. The number of hydrogen-bond acceptors (Lipinski definition) is 3. The van der Waals surface area contributed by atoms with E-state index in [2.05, 4.69) is 71.7 Å². The fourth-order valence-corrected chi connectivity index (χ4v) is 3.95. The smallest absolute Gasteiger partial charge is 0.230 e. The van der Waals surface area contributed by atoms with Crippen molar-refractivity contribution in [3.63, 3.8) is 0 Å². The molecule has 4 rings (SSSR count). The maximum atomic E-state index is 12.4. The highest BCUT2D eigenvalue weighted by molar-refractivity contribution is 6.02. The fraction of sp³-hybridized carbons (Fsp3) is 0.286. The monoisotopic (exact) mass is 425 g/mol. The average molecular weight is 426 g/mol. The Hall–Kier alpha value is -3.24.